The van der Waals surface area contributed by atoms with Crippen LogP contribution in [0.25, 0.3) is 0 Å². The van der Waals surface area contributed by atoms with E-state index in [1.807, 2.05) is 18.2 Å². The highest BCUT2D eigenvalue weighted by Crippen LogP contribution is 2.35. The lowest BCUT2D eigenvalue weighted by molar-refractivity contribution is 0.0641. The minimum atomic E-state index is -0.104. The molecule has 1 aromatic rings. The minimum Gasteiger partial charge on any atom is -0.392 e. The SMILES string of the molecule is CC1(C)COCCN1c1c(Cl)cccc1CO. The molecule has 1 aliphatic heterocycles. The van der Waals surface area contributed by atoms with Gasteiger partial charge in [-0.25, -0.2) is 0 Å². The molecule has 4 heteroatoms. The summed E-state index contributed by atoms with van der Waals surface area (Å²) >= 11 is 6.28. The molecule has 1 saturated heterocycles. The summed E-state index contributed by atoms with van der Waals surface area (Å²) in [6.45, 7) is 6.41. The Kier molecular flexibility index (Phi) is 3.61. The first-order valence-electron chi connectivity index (χ1n) is 5.80. The maximum absolute atomic E-state index is 9.43. The quantitative estimate of drug-likeness (QED) is 0.881. The van der Waals surface area contributed by atoms with Gasteiger partial charge in [-0.3, -0.25) is 0 Å². The van der Waals surface area contributed by atoms with Crippen molar-refractivity contribution in [2.24, 2.45) is 0 Å². The van der Waals surface area contributed by atoms with Crippen molar-refractivity contribution in [1.82, 2.24) is 0 Å². The molecule has 0 aromatic heterocycles. The zero-order valence-corrected chi connectivity index (χ0v) is 11.0. The molecule has 0 bridgehead atoms. The second-order valence-corrected chi connectivity index (χ2v) is 5.33. The van der Waals surface area contributed by atoms with Crippen molar-refractivity contribution in [2.45, 2.75) is 26.0 Å². The Labute approximate surface area is 107 Å². The third-order valence-corrected chi connectivity index (χ3v) is 3.46. The Morgan fingerprint density at radius 1 is 1.47 bits per heavy atom. The molecular weight excluding hydrogens is 238 g/mol. The average molecular weight is 256 g/mol. The third-order valence-electron chi connectivity index (χ3n) is 3.16. The smallest absolute Gasteiger partial charge is 0.0702 e. The van der Waals surface area contributed by atoms with E-state index in [1.54, 1.807) is 0 Å². The van der Waals surface area contributed by atoms with Crippen molar-refractivity contribution in [1.29, 1.82) is 0 Å². The van der Waals surface area contributed by atoms with Crippen molar-refractivity contribution in [3.8, 4) is 0 Å². The number of benzene rings is 1. The van der Waals surface area contributed by atoms with Crippen LogP contribution in [-0.4, -0.2) is 30.4 Å². The lowest BCUT2D eigenvalue weighted by atomic mass is 9.99. The van der Waals surface area contributed by atoms with Crippen LogP contribution in [0.2, 0.25) is 5.02 Å². The molecule has 94 valence electrons. The number of anilines is 1. The molecule has 1 aromatic carbocycles. The number of hydrogen-bond acceptors (Lipinski definition) is 3. The van der Waals surface area contributed by atoms with E-state index in [-0.39, 0.29) is 12.1 Å². The number of ether oxygens (including phenoxy) is 1. The molecule has 3 nitrogen and oxygen atoms in total. The van der Waals surface area contributed by atoms with Crippen molar-refractivity contribution < 1.29 is 9.84 Å². The van der Waals surface area contributed by atoms with Crippen molar-refractivity contribution in [3.63, 3.8) is 0 Å². The Morgan fingerprint density at radius 2 is 2.24 bits per heavy atom. The molecule has 0 unspecified atom stereocenters. The molecule has 0 spiro atoms. The maximum atomic E-state index is 9.43. The van der Waals surface area contributed by atoms with Gasteiger partial charge in [0.2, 0.25) is 0 Å². The van der Waals surface area contributed by atoms with E-state index in [1.165, 1.54) is 0 Å². The molecule has 1 aliphatic rings. The highest BCUT2D eigenvalue weighted by molar-refractivity contribution is 6.33. The van der Waals surface area contributed by atoms with Gasteiger partial charge in [-0.05, 0) is 19.9 Å². The van der Waals surface area contributed by atoms with Gasteiger partial charge >= 0.3 is 0 Å². The van der Waals surface area contributed by atoms with Crippen LogP contribution in [0, 0.1) is 0 Å². The molecule has 2 rings (SSSR count). The van der Waals surface area contributed by atoms with Crippen LogP contribution in [0.15, 0.2) is 18.2 Å². The number of nitrogens with zero attached hydrogens (tertiary/aromatic N) is 1. The van der Waals surface area contributed by atoms with Gasteiger partial charge in [0, 0.05) is 12.1 Å². The van der Waals surface area contributed by atoms with E-state index in [4.69, 9.17) is 16.3 Å². The van der Waals surface area contributed by atoms with Crippen LogP contribution in [0.1, 0.15) is 19.4 Å². The van der Waals surface area contributed by atoms with Gasteiger partial charge in [0.25, 0.3) is 0 Å². The molecular formula is C13H18ClNO2. The number of para-hydroxylation sites is 1. The zero-order chi connectivity index (χ0) is 12.5. The Bertz CT molecular complexity index is 406. The van der Waals surface area contributed by atoms with Crippen LogP contribution in [0.5, 0.6) is 0 Å². The molecule has 0 radical (unpaired) electrons. The summed E-state index contributed by atoms with van der Waals surface area (Å²) in [5.74, 6) is 0. The fourth-order valence-corrected chi connectivity index (χ4v) is 2.56. The Hall–Kier alpha value is -0.770. The van der Waals surface area contributed by atoms with Crippen LogP contribution in [0.4, 0.5) is 5.69 Å². The van der Waals surface area contributed by atoms with Gasteiger partial charge in [0.05, 0.1) is 36.1 Å². The van der Waals surface area contributed by atoms with Gasteiger partial charge in [-0.15, -0.1) is 0 Å². The molecule has 1 heterocycles. The predicted molar refractivity (Wildman–Crippen MR) is 69.6 cm³/mol. The topological polar surface area (TPSA) is 32.7 Å². The first-order chi connectivity index (χ1) is 8.06. The highest BCUT2D eigenvalue weighted by atomic mass is 35.5. The number of aliphatic hydroxyl groups excluding tert-OH is 1. The van der Waals surface area contributed by atoms with E-state index in [9.17, 15) is 5.11 Å². The van der Waals surface area contributed by atoms with E-state index in [0.717, 1.165) is 17.8 Å². The lowest BCUT2D eigenvalue weighted by Gasteiger charge is -2.44. The van der Waals surface area contributed by atoms with Gasteiger partial charge in [0.1, 0.15) is 0 Å². The van der Waals surface area contributed by atoms with Gasteiger partial charge in [-0.1, -0.05) is 23.7 Å². The zero-order valence-electron chi connectivity index (χ0n) is 10.2. The van der Waals surface area contributed by atoms with E-state index in [0.29, 0.717) is 18.2 Å². The van der Waals surface area contributed by atoms with Crippen LogP contribution in [-0.2, 0) is 11.3 Å². The highest BCUT2D eigenvalue weighted by Gasteiger charge is 2.32. The fourth-order valence-electron chi connectivity index (χ4n) is 2.26. The van der Waals surface area contributed by atoms with E-state index in [2.05, 4.69) is 18.7 Å². The fraction of sp³-hybridized carbons (Fsp3) is 0.538. The maximum Gasteiger partial charge on any atom is 0.0702 e. The number of rotatable bonds is 2. The van der Waals surface area contributed by atoms with E-state index >= 15 is 0 Å². The standard InChI is InChI=1S/C13H18ClNO2/c1-13(2)9-17-7-6-15(13)12-10(8-16)4-3-5-11(12)14/h3-5,16H,6-9H2,1-2H3. The molecule has 1 fully saturated rings. The second kappa shape index (κ2) is 4.84. The minimum absolute atomic E-state index is 0.00330. The Balaban J connectivity index is 2.44. The summed E-state index contributed by atoms with van der Waals surface area (Å²) in [4.78, 5) is 2.23. The average Bonchev–Trinajstić information content (AvgIpc) is 2.29. The third kappa shape index (κ3) is 2.41. The molecule has 0 aliphatic carbocycles. The molecule has 1 N–H and O–H groups in total. The molecule has 0 amide bonds. The van der Waals surface area contributed by atoms with Crippen molar-refractivity contribution >= 4 is 17.3 Å². The van der Waals surface area contributed by atoms with Crippen LogP contribution in [0.3, 0.4) is 0 Å². The molecule has 0 atom stereocenters. The molecule has 0 saturated carbocycles. The first-order valence-corrected chi connectivity index (χ1v) is 6.18. The van der Waals surface area contributed by atoms with Gasteiger partial charge in [0.15, 0.2) is 0 Å². The van der Waals surface area contributed by atoms with Gasteiger partial charge < -0.3 is 14.7 Å². The summed E-state index contributed by atoms with van der Waals surface area (Å²) in [5.41, 5.74) is 1.70. The summed E-state index contributed by atoms with van der Waals surface area (Å²) < 4.78 is 5.50. The normalized spacial score (nSPS) is 19.4. The number of halogens is 1. The number of hydrogen-bond donors (Lipinski definition) is 1. The molecule has 17 heavy (non-hydrogen) atoms. The van der Waals surface area contributed by atoms with Gasteiger partial charge in [-0.2, -0.15) is 0 Å². The van der Waals surface area contributed by atoms with Crippen LogP contribution >= 0.6 is 11.6 Å². The number of morpholine rings is 1. The summed E-state index contributed by atoms with van der Waals surface area (Å²) in [5, 5.41) is 10.1. The van der Waals surface area contributed by atoms with Crippen molar-refractivity contribution in [3.05, 3.63) is 28.8 Å². The summed E-state index contributed by atoms with van der Waals surface area (Å²) in [6.07, 6.45) is 0. The van der Waals surface area contributed by atoms with E-state index < -0.39 is 0 Å². The predicted octanol–water partition coefficient (Wildman–Crippen LogP) is 2.45. The second-order valence-electron chi connectivity index (χ2n) is 4.92. The number of aliphatic hydroxyl groups is 1. The Morgan fingerprint density at radius 3 is 2.88 bits per heavy atom. The lowest BCUT2D eigenvalue weighted by Crippen LogP contribution is -2.53. The van der Waals surface area contributed by atoms with Crippen LogP contribution < -0.4 is 4.90 Å². The van der Waals surface area contributed by atoms with Crippen molar-refractivity contribution in [2.75, 3.05) is 24.7 Å². The first kappa shape index (κ1) is 12.7. The summed E-state index contributed by atoms with van der Waals surface area (Å²) in [6, 6.07) is 5.64. The largest absolute Gasteiger partial charge is 0.392 e. The summed E-state index contributed by atoms with van der Waals surface area (Å²) in [7, 11) is 0. The monoisotopic (exact) mass is 255 g/mol.